The molecule has 0 saturated carbocycles. The molecule has 2 N–H and O–H groups in total. The van der Waals surface area contributed by atoms with E-state index in [4.69, 9.17) is 10.5 Å². The minimum Gasteiger partial charge on any atom is -0.497 e. The van der Waals surface area contributed by atoms with Crippen LogP contribution < -0.4 is 10.5 Å². The molecule has 1 aliphatic rings. The molecule has 1 aromatic carbocycles. The zero-order chi connectivity index (χ0) is 13.1. The number of amides is 1. The molecule has 0 radical (unpaired) electrons. The molecule has 1 heterocycles. The standard InChI is InChI=1S/C14H20N2O2/c1-10(17)16-8-7-13(14(15)9-16)11-3-5-12(18-2)6-4-11/h3-6,13-14H,7-9,15H2,1-2H3/t13-,14+/m0/s1. The maximum Gasteiger partial charge on any atom is 0.219 e. The van der Waals surface area contributed by atoms with Gasteiger partial charge in [-0.15, -0.1) is 0 Å². The van der Waals surface area contributed by atoms with Crippen LogP contribution in [0.2, 0.25) is 0 Å². The first kappa shape index (κ1) is 12.9. The summed E-state index contributed by atoms with van der Waals surface area (Å²) < 4.78 is 5.15. The Balaban J connectivity index is 2.07. The van der Waals surface area contributed by atoms with Gasteiger partial charge in [0, 0.05) is 32.0 Å². The molecule has 0 aromatic heterocycles. The Hall–Kier alpha value is -1.55. The zero-order valence-electron chi connectivity index (χ0n) is 10.9. The fourth-order valence-corrected chi connectivity index (χ4v) is 2.53. The fraction of sp³-hybridized carbons (Fsp3) is 0.500. The van der Waals surface area contributed by atoms with Crippen molar-refractivity contribution in [2.75, 3.05) is 20.2 Å². The van der Waals surface area contributed by atoms with Gasteiger partial charge in [0.1, 0.15) is 5.75 Å². The second-order valence-corrected chi connectivity index (χ2v) is 4.80. The van der Waals surface area contributed by atoms with Crippen molar-refractivity contribution in [3.05, 3.63) is 29.8 Å². The number of ether oxygens (including phenoxy) is 1. The maximum absolute atomic E-state index is 11.3. The first-order chi connectivity index (χ1) is 8.61. The molecule has 0 aliphatic carbocycles. The Morgan fingerprint density at radius 3 is 2.56 bits per heavy atom. The molecule has 1 aliphatic heterocycles. The normalized spacial score (nSPS) is 23.8. The van der Waals surface area contributed by atoms with Crippen molar-refractivity contribution < 1.29 is 9.53 Å². The molecule has 2 atom stereocenters. The van der Waals surface area contributed by atoms with Gasteiger partial charge in [-0.25, -0.2) is 0 Å². The minimum atomic E-state index is 0.0102. The number of rotatable bonds is 2. The predicted molar refractivity (Wildman–Crippen MR) is 70.6 cm³/mol. The molecular formula is C14H20N2O2. The van der Waals surface area contributed by atoms with E-state index in [9.17, 15) is 4.79 Å². The van der Waals surface area contributed by atoms with E-state index >= 15 is 0 Å². The summed E-state index contributed by atoms with van der Waals surface area (Å²) in [6, 6.07) is 8.05. The van der Waals surface area contributed by atoms with Gasteiger partial charge >= 0.3 is 0 Å². The largest absolute Gasteiger partial charge is 0.497 e. The van der Waals surface area contributed by atoms with E-state index in [1.165, 1.54) is 5.56 Å². The lowest BCUT2D eigenvalue weighted by molar-refractivity contribution is -0.130. The highest BCUT2D eigenvalue weighted by Gasteiger charge is 2.28. The Morgan fingerprint density at radius 2 is 2.06 bits per heavy atom. The van der Waals surface area contributed by atoms with Crippen LogP contribution in [-0.4, -0.2) is 37.0 Å². The average molecular weight is 248 g/mol. The van der Waals surface area contributed by atoms with E-state index < -0.39 is 0 Å². The fourth-order valence-electron chi connectivity index (χ4n) is 2.53. The van der Waals surface area contributed by atoms with Crippen LogP contribution in [-0.2, 0) is 4.79 Å². The summed E-state index contributed by atoms with van der Waals surface area (Å²) in [4.78, 5) is 13.1. The molecule has 18 heavy (non-hydrogen) atoms. The highest BCUT2D eigenvalue weighted by atomic mass is 16.5. The smallest absolute Gasteiger partial charge is 0.219 e. The van der Waals surface area contributed by atoms with Crippen LogP contribution in [0.4, 0.5) is 0 Å². The van der Waals surface area contributed by atoms with Crippen molar-refractivity contribution in [1.82, 2.24) is 4.90 Å². The first-order valence-electron chi connectivity index (χ1n) is 6.27. The second-order valence-electron chi connectivity index (χ2n) is 4.80. The van der Waals surface area contributed by atoms with Gasteiger partial charge in [0.05, 0.1) is 7.11 Å². The first-order valence-corrected chi connectivity index (χ1v) is 6.27. The van der Waals surface area contributed by atoms with Crippen LogP contribution in [0.3, 0.4) is 0 Å². The lowest BCUT2D eigenvalue weighted by atomic mass is 9.86. The Labute approximate surface area is 108 Å². The summed E-state index contributed by atoms with van der Waals surface area (Å²) in [6.45, 7) is 3.03. The molecule has 0 unspecified atom stereocenters. The van der Waals surface area contributed by atoms with Crippen LogP contribution in [0.25, 0.3) is 0 Å². The summed E-state index contributed by atoms with van der Waals surface area (Å²) in [5.74, 6) is 1.29. The Morgan fingerprint density at radius 1 is 1.39 bits per heavy atom. The number of nitrogens with zero attached hydrogens (tertiary/aromatic N) is 1. The number of carbonyl (C=O) groups is 1. The number of hydrogen-bond donors (Lipinski definition) is 1. The third-order valence-electron chi connectivity index (χ3n) is 3.65. The Bertz CT molecular complexity index is 416. The molecule has 4 heteroatoms. The highest BCUT2D eigenvalue weighted by Crippen LogP contribution is 2.28. The summed E-state index contributed by atoms with van der Waals surface area (Å²) in [5.41, 5.74) is 7.41. The van der Waals surface area contributed by atoms with Crippen molar-refractivity contribution >= 4 is 5.91 Å². The quantitative estimate of drug-likeness (QED) is 0.859. The number of benzene rings is 1. The van der Waals surface area contributed by atoms with E-state index in [-0.39, 0.29) is 11.9 Å². The van der Waals surface area contributed by atoms with Crippen molar-refractivity contribution in [2.45, 2.75) is 25.3 Å². The number of nitrogens with two attached hydrogens (primary N) is 1. The van der Waals surface area contributed by atoms with Crippen molar-refractivity contribution in [1.29, 1.82) is 0 Å². The molecule has 0 bridgehead atoms. The van der Waals surface area contributed by atoms with E-state index in [0.717, 1.165) is 18.7 Å². The zero-order valence-corrected chi connectivity index (χ0v) is 10.9. The molecule has 1 fully saturated rings. The number of likely N-dealkylation sites (tertiary alicyclic amines) is 1. The lowest BCUT2D eigenvalue weighted by Gasteiger charge is -2.36. The monoisotopic (exact) mass is 248 g/mol. The van der Waals surface area contributed by atoms with E-state index in [0.29, 0.717) is 12.5 Å². The van der Waals surface area contributed by atoms with Crippen molar-refractivity contribution in [2.24, 2.45) is 5.73 Å². The molecule has 2 rings (SSSR count). The molecule has 1 amide bonds. The summed E-state index contributed by atoms with van der Waals surface area (Å²) >= 11 is 0. The second kappa shape index (κ2) is 5.40. The predicted octanol–water partition coefficient (Wildman–Crippen LogP) is 1.36. The van der Waals surface area contributed by atoms with E-state index in [1.54, 1.807) is 14.0 Å². The Kier molecular flexibility index (Phi) is 3.87. The SMILES string of the molecule is COc1ccc([C@@H]2CCN(C(C)=O)C[C@H]2N)cc1. The maximum atomic E-state index is 11.3. The highest BCUT2D eigenvalue weighted by molar-refractivity contribution is 5.73. The molecule has 0 spiro atoms. The summed E-state index contributed by atoms with van der Waals surface area (Å²) in [5, 5.41) is 0. The molecule has 1 saturated heterocycles. The topological polar surface area (TPSA) is 55.6 Å². The van der Waals surface area contributed by atoms with Gasteiger partial charge in [0.25, 0.3) is 0 Å². The lowest BCUT2D eigenvalue weighted by Crippen LogP contribution is -2.48. The molecule has 98 valence electrons. The van der Waals surface area contributed by atoms with Gasteiger partial charge in [-0.1, -0.05) is 12.1 Å². The van der Waals surface area contributed by atoms with Gasteiger partial charge in [-0.3, -0.25) is 4.79 Å². The molecular weight excluding hydrogens is 228 g/mol. The van der Waals surface area contributed by atoms with Gasteiger partial charge in [-0.2, -0.15) is 0 Å². The van der Waals surface area contributed by atoms with Crippen LogP contribution in [0.15, 0.2) is 24.3 Å². The summed E-state index contributed by atoms with van der Waals surface area (Å²) in [7, 11) is 1.66. The van der Waals surface area contributed by atoms with Crippen molar-refractivity contribution in [3.8, 4) is 5.75 Å². The van der Waals surface area contributed by atoms with Crippen LogP contribution in [0.1, 0.15) is 24.8 Å². The van der Waals surface area contributed by atoms with Gasteiger partial charge in [0.15, 0.2) is 0 Å². The van der Waals surface area contributed by atoms with Crippen LogP contribution >= 0.6 is 0 Å². The molecule has 1 aromatic rings. The summed E-state index contributed by atoms with van der Waals surface area (Å²) in [6.07, 6.45) is 0.924. The minimum absolute atomic E-state index is 0.0102. The van der Waals surface area contributed by atoms with Gasteiger partial charge in [-0.05, 0) is 24.1 Å². The number of hydrogen-bond acceptors (Lipinski definition) is 3. The van der Waals surface area contributed by atoms with E-state index in [2.05, 4.69) is 12.1 Å². The van der Waals surface area contributed by atoms with E-state index in [1.807, 2.05) is 17.0 Å². The van der Waals surface area contributed by atoms with Crippen LogP contribution in [0, 0.1) is 0 Å². The van der Waals surface area contributed by atoms with Gasteiger partial charge < -0.3 is 15.4 Å². The third kappa shape index (κ3) is 2.64. The number of methoxy groups -OCH3 is 1. The number of piperidine rings is 1. The third-order valence-corrected chi connectivity index (χ3v) is 3.65. The number of carbonyl (C=O) groups excluding carboxylic acids is 1. The van der Waals surface area contributed by atoms with Crippen LogP contribution in [0.5, 0.6) is 5.75 Å². The average Bonchev–Trinajstić information content (AvgIpc) is 2.38. The van der Waals surface area contributed by atoms with Crippen molar-refractivity contribution in [3.63, 3.8) is 0 Å². The molecule has 4 nitrogen and oxygen atoms in total. The van der Waals surface area contributed by atoms with Gasteiger partial charge in [0.2, 0.25) is 5.91 Å².